The van der Waals surface area contributed by atoms with Gasteiger partial charge >= 0.3 is 10.4 Å². The number of hydrogen-bond acceptors (Lipinski definition) is 4. The molecule has 0 radical (unpaired) electrons. The van der Waals surface area contributed by atoms with Crippen molar-refractivity contribution in [3.05, 3.63) is 35.9 Å². The van der Waals surface area contributed by atoms with Crippen LogP contribution in [0.3, 0.4) is 0 Å². The summed E-state index contributed by atoms with van der Waals surface area (Å²) in [6.45, 7) is -0.236. The molecular weight excluding hydrogens is 220 g/mol. The third kappa shape index (κ3) is 5.16. The average Bonchev–Trinajstić information content (AvgIpc) is 2.14. The number of rotatable bonds is 4. The maximum absolute atomic E-state index is 10.2. The van der Waals surface area contributed by atoms with Crippen LogP contribution in [0.5, 0.6) is 5.75 Å². The minimum absolute atomic E-state index is 0.154. The van der Waals surface area contributed by atoms with Crippen LogP contribution in [0.4, 0.5) is 0 Å². The van der Waals surface area contributed by atoms with Crippen molar-refractivity contribution in [2.75, 3.05) is 6.61 Å². The van der Waals surface area contributed by atoms with Crippen LogP contribution in [0.15, 0.2) is 30.3 Å². The number of phenolic OH excluding ortho intramolecular Hbond substituents is 1. The van der Waals surface area contributed by atoms with Gasteiger partial charge in [-0.2, -0.15) is 8.42 Å². The van der Waals surface area contributed by atoms with E-state index in [4.69, 9.17) is 9.66 Å². The molecule has 0 spiro atoms. The maximum atomic E-state index is 10.2. The molecule has 0 saturated carbocycles. The van der Waals surface area contributed by atoms with E-state index < -0.39 is 10.4 Å². The third-order valence-corrected chi connectivity index (χ3v) is 1.95. The highest BCUT2D eigenvalue weighted by molar-refractivity contribution is 7.80. The predicted octanol–water partition coefficient (Wildman–Crippen LogP) is 1.22. The summed E-state index contributed by atoms with van der Waals surface area (Å²) in [5.74, 6) is 0.154. The Kier molecular flexibility index (Phi) is 3.84. The molecule has 1 aromatic carbocycles. The van der Waals surface area contributed by atoms with Gasteiger partial charge in [-0.1, -0.05) is 24.3 Å². The molecule has 15 heavy (non-hydrogen) atoms. The highest BCUT2D eigenvalue weighted by Gasteiger charge is 2.00. The summed E-state index contributed by atoms with van der Waals surface area (Å²) in [6.07, 6.45) is 3.03. The molecule has 0 bridgehead atoms. The second-order valence-corrected chi connectivity index (χ2v) is 3.80. The van der Waals surface area contributed by atoms with E-state index in [9.17, 15) is 8.42 Å². The average molecular weight is 230 g/mol. The molecule has 0 amide bonds. The fraction of sp³-hybridized carbons (Fsp3) is 0.111. The normalized spacial score (nSPS) is 12.1. The zero-order valence-corrected chi connectivity index (χ0v) is 8.52. The molecule has 5 nitrogen and oxygen atoms in total. The van der Waals surface area contributed by atoms with Crippen molar-refractivity contribution < 1.29 is 22.3 Å². The van der Waals surface area contributed by atoms with E-state index in [-0.39, 0.29) is 12.4 Å². The van der Waals surface area contributed by atoms with Gasteiger partial charge in [0.1, 0.15) is 5.75 Å². The first-order valence-electron chi connectivity index (χ1n) is 4.05. The second-order valence-electron chi connectivity index (χ2n) is 2.71. The molecule has 0 unspecified atom stereocenters. The minimum Gasteiger partial charge on any atom is -0.508 e. The Labute approximate surface area is 87.6 Å². The summed E-state index contributed by atoms with van der Waals surface area (Å²) in [5, 5.41) is 8.97. The van der Waals surface area contributed by atoms with Crippen LogP contribution in [-0.4, -0.2) is 24.7 Å². The summed E-state index contributed by atoms with van der Waals surface area (Å²) in [6, 6.07) is 6.31. The standard InChI is InChI=1S/C9H10O5S/c10-9-5-3-8(4-6-9)2-1-7-14-15(11,12)13/h1-6,10H,7H2,(H,11,12,13)/b2-1+. The molecule has 0 heterocycles. The van der Waals surface area contributed by atoms with E-state index in [2.05, 4.69) is 4.18 Å². The van der Waals surface area contributed by atoms with Crippen LogP contribution >= 0.6 is 0 Å². The Bertz CT molecular complexity index is 432. The van der Waals surface area contributed by atoms with Crippen LogP contribution in [-0.2, 0) is 14.6 Å². The first-order chi connectivity index (χ1) is 6.97. The zero-order valence-electron chi connectivity index (χ0n) is 7.70. The van der Waals surface area contributed by atoms with E-state index in [0.717, 1.165) is 5.56 Å². The summed E-state index contributed by atoms with van der Waals surface area (Å²) in [4.78, 5) is 0. The topological polar surface area (TPSA) is 83.8 Å². The van der Waals surface area contributed by atoms with Crippen molar-refractivity contribution in [1.82, 2.24) is 0 Å². The van der Waals surface area contributed by atoms with Gasteiger partial charge in [0, 0.05) is 0 Å². The Morgan fingerprint density at radius 3 is 2.40 bits per heavy atom. The van der Waals surface area contributed by atoms with Crippen molar-refractivity contribution in [3.8, 4) is 5.75 Å². The number of benzene rings is 1. The molecule has 0 aromatic heterocycles. The van der Waals surface area contributed by atoms with E-state index in [0.29, 0.717) is 0 Å². The Balaban J connectivity index is 2.48. The molecule has 82 valence electrons. The van der Waals surface area contributed by atoms with Crippen LogP contribution in [0.2, 0.25) is 0 Å². The van der Waals surface area contributed by atoms with Gasteiger partial charge in [-0.15, -0.1) is 0 Å². The van der Waals surface area contributed by atoms with E-state index in [1.54, 1.807) is 18.2 Å². The maximum Gasteiger partial charge on any atom is 0.397 e. The first kappa shape index (κ1) is 11.7. The van der Waals surface area contributed by atoms with Crippen molar-refractivity contribution in [2.24, 2.45) is 0 Å². The summed E-state index contributed by atoms with van der Waals surface area (Å²) >= 11 is 0. The molecule has 6 heteroatoms. The second kappa shape index (κ2) is 4.92. The van der Waals surface area contributed by atoms with E-state index >= 15 is 0 Å². The molecule has 0 saturated heterocycles. The summed E-state index contributed by atoms with van der Waals surface area (Å²) in [7, 11) is -4.38. The van der Waals surface area contributed by atoms with Gasteiger partial charge in [-0.3, -0.25) is 4.55 Å². The van der Waals surface area contributed by atoms with Crippen molar-refractivity contribution in [1.29, 1.82) is 0 Å². The van der Waals surface area contributed by atoms with Crippen molar-refractivity contribution in [2.45, 2.75) is 0 Å². The zero-order chi connectivity index (χ0) is 11.3. The van der Waals surface area contributed by atoms with Gasteiger partial charge in [0.2, 0.25) is 0 Å². The predicted molar refractivity (Wildman–Crippen MR) is 54.6 cm³/mol. The van der Waals surface area contributed by atoms with E-state index in [1.165, 1.54) is 18.2 Å². The number of hydrogen-bond donors (Lipinski definition) is 2. The van der Waals surface area contributed by atoms with Crippen LogP contribution < -0.4 is 0 Å². The fourth-order valence-corrected chi connectivity index (χ4v) is 1.15. The van der Waals surface area contributed by atoms with Crippen LogP contribution in [0, 0.1) is 0 Å². The van der Waals surface area contributed by atoms with Crippen LogP contribution in [0.1, 0.15) is 5.56 Å². The lowest BCUT2D eigenvalue weighted by molar-refractivity contribution is 0.297. The summed E-state index contributed by atoms with van der Waals surface area (Å²) in [5.41, 5.74) is 0.784. The highest BCUT2D eigenvalue weighted by atomic mass is 32.3. The third-order valence-electron chi connectivity index (χ3n) is 1.52. The smallest absolute Gasteiger partial charge is 0.397 e. The lowest BCUT2D eigenvalue weighted by atomic mass is 10.2. The molecule has 0 atom stereocenters. The lowest BCUT2D eigenvalue weighted by Gasteiger charge is -1.95. The molecule has 1 rings (SSSR count). The van der Waals surface area contributed by atoms with Gasteiger partial charge in [-0.05, 0) is 17.7 Å². The Morgan fingerprint density at radius 2 is 1.87 bits per heavy atom. The van der Waals surface area contributed by atoms with Gasteiger partial charge in [0.15, 0.2) is 0 Å². The quantitative estimate of drug-likeness (QED) is 0.760. The lowest BCUT2D eigenvalue weighted by Crippen LogP contribution is -2.02. The SMILES string of the molecule is O=S(=O)(O)OC/C=C/c1ccc(O)cc1. The van der Waals surface area contributed by atoms with Gasteiger partial charge in [0.25, 0.3) is 0 Å². The monoisotopic (exact) mass is 230 g/mol. The van der Waals surface area contributed by atoms with Crippen LogP contribution in [0.25, 0.3) is 6.08 Å². The Morgan fingerprint density at radius 1 is 1.27 bits per heavy atom. The molecule has 2 N–H and O–H groups in total. The highest BCUT2D eigenvalue weighted by Crippen LogP contribution is 2.10. The first-order valence-corrected chi connectivity index (χ1v) is 5.41. The van der Waals surface area contributed by atoms with Gasteiger partial charge < -0.3 is 5.11 Å². The molecule has 0 aliphatic rings. The number of phenols is 1. The summed E-state index contributed by atoms with van der Waals surface area (Å²) < 4.78 is 32.6. The molecule has 0 aliphatic carbocycles. The minimum atomic E-state index is -4.38. The molecule has 1 aromatic rings. The Hall–Kier alpha value is -1.37. The van der Waals surface area contributed by atoms with Crippen molar-refractivity contribution >= 4 is 16.5 Å². The van der Waals surface area contributed by atoms with Gasteiger partial charge in [0.05, 0.1) is 6.61 Å². The van der Waals surface area contributed by atoms with E-state index in [1.807, 2.05) is 0 Å². The molecule has 0 fully saturated rings. The van der Waals surface area contributed by atoms with Gasteiger partial charge in [-0.25, -0.2) is 4.18 Å². The van der Waals surface area contributed by atoms with Crippen molar-refractivity contribution in [3.63, 3.8) is 0 Å². The number of aromatic hydroxyl groups is 1. The fourth-order valence-electron chi connectivity index (χ4n) is 0.895. The molecular formula is C9H10O5S. The molecule has 0 aliphatic heterocycles. The largest absolute Gasteiger partial charge is 0.508 e.